The smallest absolute Gasteiger partial charge is 0.242 e. The van der Waals surface area contributed by atoms with Crippen LogP contribution in [0.15, 0.2) is 18.2 Å². The Bertz CT molecular complexity index is 580. The van der Waals surface area contributed by atoms with Gasteiger partial charge in [0, 0.05) is 18.6 Å². The Morgan fingerprint density at radius 3 is 2.68 bits per heavy atom. The van der Waals surface area contributed by atoms with Crippen molar-refractivity contribution in [3.8, 4) is 6.07 Å². The number of carbonyl (C=O) groups excluding carboxylic acids is 2. The number of halogens is 1. The third-order valence-electron chi connectivity index (χ3n) is 3.02. The van der Waals surface area contributed by atoms with Crippen LogP contribution in [0.5, 0.6) is 0 Å². The molecule has 1 aliphatic rings. The zero-order valence-corrected chi connectivity index (χ0v) is 11.1. The molecule has 0 N–H and O–H groups in total. The van der Waals surface area contributed by atoms with Gasteiger partial charge in [-0.1, -0.05) is 17.7 Å². The van der Waals surface area contributed by atoms with Gasteiger partial charge in [-0.25, -0.2) is 0 Å². The van der Waals surface area contributed by atoms with Gasteiger partial charge in [0.2, 0.25) is 11.8 Å². The summed E-state index contributed by atoms with van der Waals surface area (Å²) >= 11 is 6.06. The lowest BCUT2D eigenvalue weighted by Gasteiger charge is -2.31. The summed E-state index contributed by atoms with van der Waals surface area (Å²) in [6, 6.07) is 6.90. The highest BCUT2D eigenvalue weighted by molar-refractivity contribution is 6.31. The predicted molar refractivity (Wildman–Crippen MR) is 69.2 cm³/mol. The molecule has 0 aliphatic carbocycles. The highest BCUT2D eigenvalue weighted by atomic mass is 35.5. The topological polar surface area (TPSA) is 64.4 Å². The number of rotatable bonds is 2. The van der Waals surface area contributed by atoms with E-state index in [1.165, 1.54) is 9.80 Å². The average Bonchev–Trinajstić information content (AvgIpc) is 2.38. The molecule has 1 fully saturated rings. The van der Waals surface area contributed by atoms with E-state index in [0.29, 0.717) is 10.6 Å². The number of hydrogen-bond acceptors (Lipinski definition) is 3. The Balaban J connectivity index is 2.15. The molecule has 19 heavy (non-hydrogen) atoms. The molecular weight excluding hydrogens is 266 g/mol. The molecule has 0 atom stereocenters. The minimum absolute atomic E-state index is 0.0612. The van der Waals surface area contributed by atoms with E-state index in [0.717, 1.165) is 5.56 Å². The van der Waals surface area contributed by atoms with Gasteiger partial charge < -0.3 is 9.80 Å². The third-order valence-corrected chi connectivity index (χ3v) is 3.37. The van der Waals surface area contributed by atoms with Crippen molar-refractivity contribution in [3.05, 3.63) is 34.3 Å². The monoisotopic (exact) mass is 277 g/mol. The van der Waals surface area contributed by atoms with Crippen LogP contribution in [0.2, 0.25) is 5.02 Å². The zero-order valence-electron chi connectivity index (χ0n) is 10.4. The lowest BCUT2D eigenvalue weighted by Crippen LogP contribution is -2.51. The Labute approximate surface area is 116 Å². The molecule has 1 aromatic carbocycles. The molecule has 0 unspecified atom stereocenters. The first-order valence-corrected chi connectivity index (χ1v) is 6.09. The first kappa shape index (κ1) is 13.4. The molecule has 0 bridgehead atoms. The van der Waals surface area contributed by atoms with E-state index < -0.39 is 0 Å². The first-order chi connectivity index (χ1) is 9.01. The minimum Gasteiger partial charge on any atom is -0.335 e. The van der Waals surface area contributed by atoms with E-state index in [9.17, 15) is 9.59 Å². The predicted octanol–water partition coefficient (Wildman–Crippen LogP) is 1.01. The standard InChI is InChI=1S/C13H12ClN3O2/c1-16-7-13(19)17(8-12(16)18)6-10-3-2-9(5-15)4-11(10)14/h2-4H,6-8H2,1H3. The van der Waals surface area contributed by atoms with Crippen molar-refractivity contribution in [2.45, 2.75) is 6.54 Å². The molecule has 1 aromatic rings. The van der Waals surface area contributed by atoms with Gasteiger partial charge in [0.25, 0.3) is 0 Å². The summed E-state index contributed by atoms with van der Waals surface area (Å²) in [5.41, 5.74) is 1.20. The number of nitrogens with zero attached hydrogens (tertiary/aromatic N) is 3. The third kappa shape index (κ3) is 2.85. The summed E-state index contributed by atoms with van der Waals surface area (Å²) in [5.74, 6) is -0.202. The van der Waals surface area contributed by atoms with Gasteiger partial charge in [-0.2, -0.15) is 5.26 Å². The lowest BCUT2D eigenvalue weighted by molar-refractivity contribution is -0.149. The molecule has 0 spiro atoms. The van der Waals surface area contributed by atoms with Gasteiger partial charge >= 0.3 is 0 Å². The maximum absolute atomic E-state index is 11.8. The van der Waals surface area contributed by atoms with Crippen molar-refractivity contribution in [3.63, 3.8) is 0 Å². The van der Waals surface area contributed by atoms with Crippen LogP contribution in [0.1, 0.15) is 11.1 Å². The van der Waals surface area contributed by atoms with Crippen molar-refractivity contribution in [1.82, 2.24) is 9.80 Å². The van der Waals surface area contributed by atoms with Gasteiger partial charge in [0.1, 0.15) is 6.54 Å². The SMILES string of the molecule is CN1CC(=O)N(Cc2ccc(C#N)cc2Cl)CC1=O. The molecule has 2 rings (SSSR count). The molecular formula is C13H12ClN3O2. The van der Waals surface area contributed by atoms with Gasteiger partial charge in [-0.3, -0.25) is 9.59 Å². The average molecular weight is 278 g/mol. The van der Waals surface area contributed by atoms with Crippen LogP contribution in [0, 0.1) is 11.3 Å². The highest BCUT2D eigenvalue weighted by Crippen LogP contribution is 2.20. The number of amides is 2. The molecule has 5 nitrogen and oxygen atoms in total. The Hall–Kier alpha value is -2.06. The van der Waals surface area contributed by atoms with Crippen molar-refractivity contribution in [2.75, 3.05) is 20.1 Å². The van der Waals surface area contributed by atoms with Crippen LogP contribution in [0.4, 0.5) is 0 Å². The van der Waals surface area contributed by atoms with Crippen LogP contribution in [-0.2, 0) is 16.1 Å². The quantitative estimate of drug-likeness (QED) is 0.810. The largest absolute Gasteiger partial charge is 0.335 e. The first-order valence-electron chi connectivity index (χ1n) is 5.71. The fourth-order valence-corrected chi connectivity index (χ4v) is 2.10. The number of carbonyl (C=O) groups is 2. The van der Waals surface area contributed by atoms with Crippen molar-refractivity contribution >= 4 is 23.4 Å². The van der Waals surface area contributed by atoms with E-state index >= 15 is 0 Å². The van der Waals surface area contributed by atoms with Crippen molar-refractivity contribution in [1.29, 1.82) is 5.26 Å². The fraction of sp³-hybridized carbons (Fsp3) is 0.308. The molecule has 1 saturated heterocycles. The van der Waals surface area contributed by atoms with E-state index in [1.807, 2.05) is 6.07 Å². The van der Waals surface area contributed by atoms with Gasteiger partial charge in [0.15, 0.2) is 0 Å². The zero-order chi connectivity index (χ0) is 14.0. The lowest BCUT2D eigenvalue weighted by atomic mass is 10.1. The van der Waals surface area contributed by atoms with Crippen molar-refractivity contribution in [2.24, 2.45) is 0 Å². The van der Waals surface area contributed by atoms with E-state index in [4.69, 9.17) is 16.9 Å². The number of benzene rings is 1. The van der Waals surface area contributed by atoms with E-state index in [-0.39, 0.29) is 31.4 Å². The fourth-order valence-electron chi connectivity index (χ4n) is 1.86. The van der Waals surface area contributed by atoms with Crippen LogP contribution in [0.25, 0.3) is 0 Å². The normalized spacial score (nSPS) is 15.6. The Morgan fingerprint density at radius 2 is 2.05 bits per heavy atom. The van der Waals surface area contributed by atoms with Crippen LogP contribution in [0.3, 0.4) is 0 Å². The van der Waals surface area contributed by atoms with Gasteiger partial charge in [0.05, 0.1) is 18.2 Å². The maximum atomic E-state index is 11.8. The summed E-state index contributed by atoms with van der Waals surface area (Å²) in [6.07, 6.45) is 0. The molecule has 1 heterocycles. The minimum atomic E-state index is -0.109. The molecule has 0 saturated carbocycles. The second kappa shape index (κ2) is 5.29. The van der Waals surface area contributed by atoms with Crippen LogP contribution >= 0.6 is 11.6 Å². The summed E-state index contributed by atoms with van der Waals surface area (Å²) in [7, 11) is 1.60. The molecule has 0 aromatic heterocycles. The van der Waals surface area contributed by atoms with Crippen LogP contribution in [-0.4, -0.2) is 41.8 Å². The number of piperazine rings is 1. The van der Waals surface area contributed by atoms with Crippen molar-refractivity contribution < 1.29 is 9.59 Å². The highest BCUT2D eigenvalue weighted by Gasteiger charge is 2.27. The second-order valence-corrected chi connectivity index (χ2v) is 4.82. The van der Waals surface area contributed by atoms with Crippen LogP contribution < -0.4 is 0 Å². The molecule has 98 valence electrons. The summed E-state index contributed by atoms with van der Waals surface area (Å²) < 4.78 is 0. The van der Waals surface area contributed by atoms with Gasteiger partial charge in [-0.15, -0.1) is 0 Å². The van der Waals surface area contributed by atoms with E-state index in [2.05, 4.69) is 0 Å². The summed E-state index contributed by atoms with van der Waals surface area (Å²) in [4.78, 5) is 26.3. The number of likely N-dealkylation sites (N-methyl/N-ethyl adjacent to an activating group) is 1. The maximum Gasteiger partial charge on any atom is 0.242 e. The Morgan fingerprint density at radius 1 is 1.32 bits per heavy atom. The molecule has 2 amide bonds. The Kier molecular flexibility index (Phi) is 3.72. The molecule has 1 aliphatic heterocycles. The molecule has 0 radical (unpaired) electrons. The summed E-state index contributed by atoms with van der Waals surface area (Å²) in [6.45, 7) is 0.432. The summed E-state index contributed by atoms with van der Waals surface area (Å²) in [5, 5.41) is 9.19. The second-order valence-electron chi connectivity index (χ2n) is 4.42. The van der Waals surface area contributed by atoms with E-state index in [1.54, 1.807) is 25.2 Å². The molecule has 6 heteroatoms. The number of nitriles is 1. The number of hydrogen-bond donors (Lipinski definition) is 0. The van der Waals surface area contributed by atoms with Gasteiger partial charge in [-0.05, 0) is 17.7 Å².